The van der Waals surface area contributed by atoms with Crippen LogP contribution in [0.15, 0.2) is 0 Å². The number of hydrogen-bond donors (Lipinski definition) is 0. The minimum absolute atomic E-state index is 0. The van der Waals surface area contributed by atoms with Crippen LogP contribution in [0.1, 0.15) is 91.9 Å². The highest BCUT2D eigenvalue weighted by molar-refractivity contribution is 5.95. The molecule has 0 aliphatic carbocycles. The van der Waals surface area contributed by atoms with Crippen LogP contribution in [0.25, 0.3) is 0 Å². The van der Waals surface area contributed by atoms with Crippen LogP contribution in [0.2, 0.25) is 0 Å². The second-order valence-corrected chi connectivity index (χ2v) is 6.19. The summed E-state index contributed by atoms with van der Waals surface area (Å²) in [5.41, 5.74) is 0. The molecule has 0 aromatic carbocycles. The molecule has 0 spiro atoms. The molecule has 0 N–H and O–H groups in total. The number of ketones is 2. The van der Waals surface area contributed by atoms with Crippen LogP contribution in [0.4, 0.5) is 0 Å². The third-order valence-electron chi connectivity index (χ3n) is 3.21. The van der Waals surface area contributed by atoms with E-state index < -0.39 is 11.9 Å². The van der Waals surface area contributed by atoms with Gasteiger partial charge < -0.3 is 0 Å². The summed E-state index contributed by atoms with van der Waals surface area (Å²) in [5.74, 6) is -1.40. The second-order valence-electron chi connectivity index (χ2n) is 6.19. The highest BCUT2D eigenvalue weighted by atomic mass is 28.1. The van der Waals surface area contributed by atoms with E-state index in [1.165, 1.54) is 0 Å². The average Bonchev–Trinajstić information content (AvgIpc) is 2.63. The van der Waals surface area contributed by atoms with Gasteiger partial charge in [0.25, 0.3) is 0 Å². The van der Waals surface area contributed by atoms with Crippen LogP contribution in [0, 0.1) is 0 Å². The summed E-state index contributed by atoms with van der Waals surface area (Å²) in [6.45, 7) is 8.59. The summed E-state index contributed by atoms with van der Waals surface area (Å²) >= 11 is 0. The van der Waals surface area contributed by atoms with Crippen molar-refractivity contribution in [1.82, 2.24) is 0 Å². The van der Waals surface area contributed by atoms with Crippen molar-refractivity contribution in [2.75, 3.05) is 13.2 Å². The summed E-state index contributed by atoms with van der Waals surface area (Å²) in [6, 6.07) is 0. The van der Waals surface area contributed by atoms with Gasteiger partial charge in [-0.3, -0.25) is 19.4 Å². The molecule has 0 aromatic heterocycles. The van der Waals surface area contributed by atoms with Gasteiger partial charge in [-0.05, 0) is 25.7 Å². The van der Waals surface area contributed by atoms with Gasteiger partial charge in [0, 0.05) is 23.8 Å². The van der Waals surface area contributed by atoms with Gasteiger partial charge in [0.15, 0.2) is 0 Å². The van der Waals surface area contributed by atoms with Gasteiger partial charge >= 0.3 is 11.9 Å². The highest BCUT2D eigenvalue weighted by Crippen LogP contribution is 1.98. The van der Waals surface area contributed by atoms with Crippen LogP contribution >= 0.6 is 0 Å². The van der Waals surface area contributed by atoms with Crippen molar-refractivity contribution in [3.63, 3.8) is 0 Å². The topological polar surface area (TPSA) is 105 Å². The molecule has 0 bridgehead atoms. The van der Waals surface area contributed by atoms with Gasteiger partial charge in [-0.1, -0.05) is 40.5 Å². The molecule has 9 heteroatoms. The molecule has 29 heavy (non-hydrogen) atoms. The number of carbonyl (C=O) groups is 4. The maximum absolute atomic E-state index is 11.0. The number of carbonyl (C=O) groups excluding carboxylic acids is 4. The molecule has 0 saturated heterocycles. The van der Waals surface area contributed by atoms with Crippen molar-refractivity contribution >= 4 is 34.5 Å². The van der Waals surface area contributed by atoms with E-state index in [0.717, 1.165) is 38.5 Å². The van der Waals surface area contributed by atoms with E-state index in [1.807, 2.05) is 27.7 Å². The molecule has 0 aliphatic rings. The van der Waals surface area contributed by atoms with E-state index in [1.54, 1.807) is 0 Å². The lowest BCUT2D eigenvalue weighted by atomic mass is 10.2. The molecule has 0 rings (SSSR count). The molecule has 0 aromatic rings. The van der Waals surface area contributed by atoms with Crippen LogP contribution in [-0.2, 0) is 38.7 Å². The van der Waals surface area contributed by atoms with E-state index in [4.69, 9.17) is 0 Å². The molecule has 0 fully saturated rings. The molecule has 0 atom stereocenters. The lowest BCUT2D eigenvalue weighted by Crippen LogP contribution is -2.11. The molecule has 8 nitrogen and oxygen atoms in total. The molecular formula is C20H36O8Si. The molecule has 4 radical (unpaired) electrons. The first kappa shape index (κ1) is 32.1. The lowest BCUT2D eigenvalue weighted by Gasteiger charge is -2.01. The van der Waals surface area contributed by atoms with Crippen molar-refractivity contribution in [2.24, 2.45) is 0 Å². The quantitative estimate of drug-likeness (QED) is 0.120. The Balaban J connectivity index is -0.000000451. The number of unbranched alkanes of at least 4 members (excludes halogenated alkanes) is 2. The third kappa shape index (κ3) is 26.4. The summed E-state index contributed by atoms with van der Waals surface area (Å²) in [6.07, 6.45) is 5.63. The first-order chi connectivity index (χ1) is 13.4. The predicted octanol–water partition coefficient (Wildman–Crippen LogP) is 3.66. The SMILES string of the molecule is CCCCOOC(=O)CC(=O)CCC.CCCCOOC(=O)CC(=O)CCC.[Si]. The Labute approximate surface area is 178 Å². The lowest BCUT2D eigenvalue weighted by molar-refractivity contribution is -0.272. The van der Waals surface area contributed by atoms with E-state index in [0.29, 0.717) is 26.1 Å². The molecule has 0 heterocycles. The van der Waals surface area contributed by atoms with Gasteiger partial charge in [-0.25, -0.2) is 9.59 Å². The molecule has 0 saturated carbocycles. The summed E-state index contributed by atoms with van der Waals surface area (Å²) < 4.78 is 0. The Morgan fingerprint density at radius 1 is 0.586 bits per heavy atom. The van der Waals surface area contributed by atoms with Crippen LogP contribution in [0.5, 0.6) is 0 Å². The van der Waals surface area contributed by atoms with E-state index >= 15 is 0 Å². The van der Waals surface area contributed by atoms with Crippen molar-refractivity contribution in [3.05, 3.63) is 0 Å². The second kappa shape index (κ2) is 24.5. The van der Waals surface area contributed by atoms with Crippen LogP contribution < -0.4 is 0 Å². The van der Waals surface area contributed by atoms with Crippen molar-refractivity contribution in [1.29, 1.82) is 0 Å². The largest absolute Gasteiger partial charge is 0.349 e. The highest BCUT2D eigenvalue weighted by Gasteiger charge is 2.11. The fraction of sp³-hybridized carbons (Fsp3) is 0.800. The van der Waals surface area contributed by atoms with Crippen molar-refractivity contribution in [2.45, 2.75) is 91.9 Å². The zero-order valence-corrected chi connectivity index (χ0v) is 19.3. The Hall–Kier alpha value is -1.58. The maximum atomic E-state index is 11.0. The fourth-order valence-electron chi connectivity index (χ4n) is 1.74. The monoisotopic (exact) mass is 432 g/mol. The van der Waals surface area contributed by atoms with Gasteiger partial charge in [-0.2, -0.15) is 9.78 Å². The van der Waals surface area contributed by atoms with Gasteiger partial charge in [0.1, 0.15) is 24.4 Å². The van der Waals surface area contributed by atoms with Gasteiger partial charge in [-0.15, -0.1) is 0 Å². The standard InChI is InChI=1S/2C10H18O4.Si/c2*1-3-5-7-13-14-10(12)8-9(11)6-4-2;/h2*3-8H2,1-2H3;. The fourth-order valence-corrected chi connectivity index (χ4v) is 1.74. The molecule has 0 unspecified atom stereocenters. The first-order valence-electron chi connectivity index (χ1n) is 10.1. The molecule has 0 amide bonds. The smallest absolute Gasteiger partial charge is 0.299 e. The maximum Gasteiger partial charge on any atom is 0.349 e. The summed E-state index contributed by atoms with van der Waals surface area (Å²) in [4.78, 5) is 61.8. The van der Waals surface area contributed by atoms with Gasteiger partial charge in [0.2, 0.25) is 0 Å². The van der Waals surface area contributed by atoms with Crippen molar-refractivity contribution in [3.8, 4) is 0 Å². The van der Waals surface area contributed by atoms with Crippen molar-refractivity contribution < 1.29 is 38.7 Å². The third-order valence-corrected chi connectivity index (χ3v) is 3.21. The number of rotatable bonds is 16. The molecule has 168 valence electrons. The van der Waals surface area contributed by atoms with E-state index in [2.05, 4.69) is 19.6 Å². The Morgan fingerprint density at radius 3 is 1.21 bits per heavy atom. The normalized spacial score (nSPS) is 9.52. The molecular weight excluding hydrogens is 396 g/mol. The Bertz CT molecular complexity index is 400. The Morgan fingerprint density at radius 2 is 0.931 bits per heavy atom. The van der Waals surface area contributed by atoms with E-state index in [9.17, 15) is 19.2 Å². The molecule has 0 aliphatic heterocycles. The van der Waals surface area contributed by atoms with Crippen LogP contribution in [-0.4, -0.2) is 47.7 Å². The van der Waals surface area contributed by atoms with E-state index in [-0.39, 0.29) is 35.4 Å². The number of Topliss-reactive ketones (excluding diaryl/α,β-unsaturated/α-hetero) is 2. The minimum Gasteiger partial charge on any atom is -0.299 e. The first-order valence-corrected chi connectivity index (χ1v) is 10.1. The zero-order chi connectivity index (χ0) is 21.6. The summed E-state index contributed by atoms with van der Waals surface area (Å²) in [5, 5.41) is 0. The zero-order valence-electron chi connectivity index (χ0n) is 18.3. The minimum atomic E-state index is -0.598. The average molecular weight is 433 g/mol. The predicted molar refractivity (Wildman–Crippen MR) is 109 cm³/mol. The van der Waals surface area contributed by atoms with Crippen LogP contribution in [0.3, 0.4) is 0 Å². The Kier molecular flexibility index (Phi) is 27.1. The number of hydrogen-bond acceptors (Lipinski definition) is 8. The summed E-state index contributed by atoms with van der Waals surface area (Å²) in [7, 11) is 0. The van der Waals surface area contributed by atoms with Gasteiger partial charge in [0.05, 0.1) is 13.2 Å².